The highest BCUT2D eigenvalue weighted by Crippen LogP contribution is 2.32. The Labute approximate surface area is 208 Å². The number of anilines is 1. The second kappa shape index (κ2) is 10.5. The van der Waals surface area contributed by atoms with Crippen LogP contribution in [0.15, 0.2) is 59.5 Å². The SMILES string of the molecule is COc1cc(C)c(C(C)NC(=O)c2cccc(NS(=O)(=O)c3ccc(C)cc3)c2C)cc1C(C)C. The van der Waals surface area contributed by atoms with Crippen LogP contribution in [0.1, 0.15) is 70.9 Å². The lowest BCUT2D eigenvalue weighted by molar-refractivity contribution is 0.0939. The van der Waals surface area contributed by atoms with Crippen LogP contribution in [0.5, 0.6) is 5.75 Å². The summed E-state index contributed by atoms with van der Waals surface area (Å²) >= 11 is 0. The van der Waals surface area contributed by atoms with Crippen LogP contribution >= 0.6 is 0 Å². The molecule has 3 rings (SSSR count). The summed E-state index contributed by atoms with van der Waals surface area (Å²) in [6.07, 6.45) is 0. The Morgan fingerprint density at radius 1 is 0.914 bits per heavy atom. The summed E-state index contributed by atoms with van der Waals surface area (Å²) in [7, 11) is -2.12. The molecule has 0 aliphatic carbocycles. The Hall–Kier alpha value is -3.32. The summed E-state index contributed by atoms with van der Waals surface area (Å²) in [6.45, 7) is 11.8. The van der Waals surface area contributed by atoms with Gasteiger partial charge in [0.2, 0.25) is 0 Å². The van der Waals surface area contributed by atoms with E-state index in [0.717, 1.165) is 28.0 Å². The zero-order valence-electron chi connectivity index (χ0n) is 21.4. The van der Waals surface area contributed by atoms with Gasteiger partial charge in [-0.1, -0.05) is 37.6 Å². The van der Waals surface area contributed by atoms with Crippen LogP contribution in [0.2, 0.25) is 0 Å². The van der Waals surface area contributed by atoms with Gasteiger partial charge in [-0.2, -0.15) is 0 Å². The maximum atomic E-state index is 13.2. The molecule has 3 aromatic carbocycles. The minimum absolute atomic E-state index is 0.168. The smallest absolute Gasteiger partial charge is 0.261 e. The fourth-order valence-electron chi connectivity index (χ4n) is 4.08. The van der Waals surface area contributed by atoms with Crippen LogP contribution < -0.4 is 14.8 Å². The lowest BCUT2D eigenvalue weighted by Crippen LogP contribution is -2.28. The molecule has 0 radical (unpaired) electrons. The van der Waals surface area contributed by atoms with Crippen molar-refractivity contribution in [2.45, 2.75) is 58.4 Å². The first-order chi connectivity index (χ1) is 16.4. The predicted molar refractivity (Wildman–Crippen MR) is 141 cm³/mol. The van der Waals surface area contributed by atoms with Gasteiger partial charge < -0.3 is 10.1 Å². The molecule has 186 valence electrons. The van der Waals surface area contributed by atoms with Crippen LogP contribution in [0, 0.1) is 20.8 Å². The van der Waals surface area contributed by atoms with Gasteiger partial charge in [-0.15, -0.1) is 0 Å². The summed E-state index contributed by atoms with van der Waals surface area (Å²) in [5, 5.41) is 3.07. The van der Waals surface area contributed by atoms with Crippen molar-refractivity contribution in [2.75, 3.05) is 11.8 Å². The molecule has 0 fully saturated rings. The summed E-state index contributed by atoms with van der Waals surface area (Å²) in [5.41, 5.74) is 5.43. The van der Waals surface area contributed by atoms with Crippen molar-refractivity contribution in [1.82, 2.24) is 5.32 Å². The number of ether oxygens (including phenoxy) is 1. The van der Waals surface area contributed by atoms with Gasteiger partial charge in [0.15, 0.2) is 0 Å². The van der Waals surface area contributed by atoms with Crippen molar-refractivity contribution < 1.29 is 17.9 Å². The molecule has 0 heterocycles. The van der Waals surface area contributed by atoms with E-state index >= 15 is 0 Å². The van der Waals surface area contributed by atoms with Gasteiger partial charge >= 0.3 is 0 Å². The second-order valence-electron chi connectivity index (χ2n) is 9.20. The molecule has 0 bridgehead atoms. The van der Waals surface area contributed by atoms with E-state index in [1.807, 2.05) is 26.8 Å². The first kappa shape index (κ1) is 26.3. The van der Waals surface area contributed by atoms with Crippen LogP contribution in [-0.4, -0.2) is 21.4 Å². The molecule has 1 amide bonds. The van der Waals surface area contributed by atoms with Gasteiger partial charge in [0, 0.05) is 5.56 Å². The molecule has 7 heteroatoms. The molecule has 2 N–H and O–H groups in total. The Kier molecular flexibility index (Phi) is 7.90. The number of carbonyl (C=O) groups is 1. The Morgan fingerprint density at radius 2 is 1.57 bits per heavy atom. The number of hydrogen-bond acceptors (Lipinski definition) is 4. The van der Waals surface area contributed by atoms with E-state index in [-0.39, 0.29) is 22.8 Å². The van der Waals surface area contributed by atoms with Crippen LogP contribution in [0.25, 0.3) is 0 Å². The van der Waals surface area contributed by atoms with E-state index in [1.165, 1.54) is 0 Å². The molecular formula is C28H34N2O4S. The Bertz CT molecular complexity index is 1330. The maximum Gasteiger partial charge on any atom is 0.261 e. The molecule has 1 unspecified atom stereocenters. The monoisotopic (exact) mass is 494 g/mol. The fourth-order valence-corrected chi connectivity index (χ4v) is 5.20. The van der Waals surface area contributed by atoms with Crippen LogP contribution in [-0.2, 0) is 10.0 Å². The van der Waals surface area contributed by atoms with Gasteiger partial charge in [-0.05, 0) is 92.3 Å². The first-order valence-corrected chi connectivity index (χ1v) is 13.1. The number of amides is 1. The number of methoxy groups -OCH3 is 1. The van der Waals surface area contributed by atoms with E-state index in [4.69, 9.17) is 4.74 Å². The van der Waals surface area contributed by atoms with Crippen molar-refractivity contribution in [3.8, 4) is 5.75 Å². The lowest BCUT2D eigenvalue weighted by atomic mass is 9.93. The van der Waals surface area contributed by atoms with E-state index in [9.17, 15) is 13.2 Å². The average molecular weight is 495 g/mol. The number of benzene rings is 3. The van der Waals surface area contributed by atoms with Crippen LogP contribution in [0.3, 0.4) is 0 Å². The molecule has 0 spiro atoms. The van der Waals surface area contributed by atoms with E-state index in [2.05, 4.69) is 30.0 Å². The predicted octanol–water partition coefficient (Wildman–Crippen LogP) is 6.04. The molecule has 0 aliphatic heterocycles. The van der Waals surface area contributed by atoms with Crippen molar-refractivity contribution in [2.24, 2.45) is 0 Å². The lowest BCUT2D eigenvalue weighted by Gasteiger charge is -2.22. The molecule has 35 heavy (non-hydrogen) atoms. The number of nitrogens with one attached hydrogen (secondary N) is 2. The van der Waals surface area contributed by atoms with Crippen molar-refractivity contribution in [3.05, 3.63) is 88.0 Å². The van der Waals surface area contributed by atoms with E-state index in [0.29, 0.717) is 16.8 Å². The quantitative estimate of drug-likeness (QED) is 0.400. The number of sulfonamides is 1. The number of carbonyl (C=O) groups excluding carboxylic acids is 1. The number of hydrogen-bond donors (Lipinski definition) is 2. The normalized spacial score (nSPS) is 12.3. The third-order valence-electron chi connectivity index (χ3n) is 6.21. The molecular weight excluding hydrogens is 460 g/mol. The topological polar surface area (TPSA) is 84.5 Å². The van der Waals surface area contributed by atoms with Gasteiger partial charge in [-0.3, -0.25) is 9.52 Å². The molecule has 0 aromatic heterocycles. The van der Waals surface area contributed by atoms with Crippen molar-refractivity contribution >= 4 is 21.6 Å². The third-order valence-corrected chi connectivity index (χ3v) is 7.59. The summed E-state index contributed by atoms with van der Waals surface area (Å²) in [5.74, 6) is 0.838. The van der Waals surface area contributed by atoms with Gasteiger partial charge in [-0.25, -0.2) is 8.42 Å². The summed E-state index contributed by atoms with van der Waals surface area (Å²) in [4.78, 5) is 13.4. The van der Waals surface area contributed by atoms with E-state index < -0.39 is 10.0 Å². The number of rotatable bonds is 8. The molecule has 1 atom stereocenters. The summed E-state index contributed by atoms with van der Waals surface area (Å²) < 4.78 is 33.9. The Morgan fingerprint density at radius 3 is 2.17 bits per heavy atom. The first-order valence-electron chi connectivity index (χ1n) is 11.6. The minimum atomic E-state index is -3.78. The van der Waals surface area contributed by atoms with E-state index in [1.54, 1.807) is 56.5 Å². The molecule has 0 aliphatic rings. The molecule has 0 saturated carbocycles. The number of aryl methyl sites for hydroxylation is 2. The fraction of sp³-hybridized carbons (Fsp3) is 0.321. The third kappa shape index (κ3) is 5.85. The van der Waals surface area contributed by atoms with Gasteiger partial charge in [0.05, 0.1) is 23.7 Å². The minimum Gasteiger partial charge on any atom is -0.496 e. The molecule has 0 saturated heterocycles. The molecule has 6 nitrogen and oxygen atoms in total. The highest BCUT2D eigenvalue weighted by atomic mass is 32.2. The molecule has 3 aromatic rings. The summed E-state index contributed by atoms with van der Waals surface area (Å²) in [6, 6.07) is 15.5. The van der Waals surface area contributed by atoms with Gasteiger partial charge in [0.25, 0.3) is 15.9 Å². The second-order valence-corrected chi connectivity index (χ2v) is 10.9. The van der Waals surface area contributed by atoms with Crippen LogP contribution in [0.4, 0.5) is 5.69 Å². The van der Waals surface area contributed by atoms with Crippen molar-refractivity contribution in [1.29, 1.82) is 0 Å². The zero-order valence-corrected chi connectivity index (χ0v) is 22.2. The Balaban J connectivity index is 1.85. The standard InChI is InChI=1S/C28H34N2O4S/c1-17(2)24-16-25(19(4)15-27(24)34-7)21(6)29-28(31)23-9-8-10-26(20(23)5)30-35(32,33)22-13-11-18(3)12-14-22/h8-17,21,30H,1-7H3,(H,29,31). The largest absolute Gasteiger partial charge is 0.496 e. The van der Waals surface area contributed by atoms with Gasteiger partial charge in [0.1, 0.15) is 5.75 Å². The zero-order chi connectivity index (χ0) is 25.9. The van der Waals surface area contributed by atoms with Crippen molar-refractivity contribution in [3.63, 3.8) is 0 Å². The highest BCUT2D eigenvalue weighted by molar-refractivity contribution is 7.92. The maximum absolute atomic E-state index is 13.2. The highest BCUT2D eigenvalue weighted by Gasteiger charge is 2.21. The average Bonchev–Trinajstić information content (AvgIpc) is 2.79.